The average Bonchev–Trinajstić information content (AvgIpc) is 2.01. The summed E-state index contributed by atoms with van der Waals surface area (Å²) in [5.74, 6) is -0.775. The normalized spacial score (nSPS) is 14.4. The molecule has 0 amide bonds. The first-order valence-corrected chi connectivity index (χ1v) is 5.19. The van der Waals surface area contributed by atoms with Gasteiger partial charge in [0, 0.05) is 6.20 Å². The molecule has 1 heterocycles. The molecular weight excluding hydrogens is 226 g/mol. The Bertz CT molecular complexity index is 361. The van der Waals surface area contributed by atoms with Gasteiger partial charge in [0.1, 0.15) is 0 Å². The molecule has 0 bridgehead atoms. The molecule has 8 heteroatoms. The summed E-state index contributed by atoms with van der Waals surface area (Å²) in [6.45, 7) is 0. The Kier molecular flexibility index (Phi) is 5.60. The molecule has 0 fully saturated rings. The highest BCUT2D eigenvalue weighted by molar-refractivity contribution is 7.79. The van der Waals surface area contributed by atoms with Crippen LogP contribution in [-0.4, -0.2) is 28.6 Å². The molecule has 0 aromatic heterocycles. The van der Waals surface area contributed by atoms with Crippen LogP contribution in [0.25, 0.3) is 0 Å². The molecule has 0 radical (unpaired) electrons. The second-order valence-corrected chi connectivity index (χ2v) is 3.49. The zero-order valence-corrected chi connectivity index (χ0v) is 8.44. The van der Waals surface area contributed by atoms with Crippen molar-refractivity contribution in [2.45, 2.75) is 12.8 Å². The highest BCUT2D eigenvalue weighted by Crippen LogP contribution is 2.08. The predicted octanol–water partition coefficient (Wildman–Crippen LogP) is 0.199. The van der Waals surface area contributed by atoms with Crippen LogP contribution in [0.3, 0.4) is 0 Å². The summed E-state index contributed by atoms with van der Waals surface area (Å²) in [5, 5.41) is 11.2. The lowest BCUT2D eigenvalue weighted by Gasteiger charge is -2.05. The van der Waals surface area contributed by atoms with Crippen molar-refractivity contribution in [3.63, 3.8) is 0 Å². The van der Waals surface area contributed by atoms with Crippen LogP contribution < -0.4 is 5.32 Å². The first-order valence-electron chi connectivity index (χ1n) is 3.79. The maximum atomic E-state index is 10.2. The smallest absolute Gasteiger partial charge is 0.394 e. The highest BCUT2D eigenvalue weighted by Gasteiger charge is 2.03. The van der Waals surface area contributed by atoms with Gasteiger partial charge in [-0.05, 0) is 18.2 Å². The average molecular weight is 237 g/mol. The van der Waals surface area contributed by atoms with Gasteiger partial charge < -0.3 is 10.4 Å². The lowest BCUT2D eigenvalue weighted by Crippen LogP contribution is -2.04. The van der Waals surface area contributed by atoms with Crippen molar-refractivity contribution >= 4 is 16.4 Å². The third kappa shape index (κ3) is 12.6. The standard InChI is InChI=1S/C7H9NO2.H2O4S/c9-7(10)4-6-2-1-3-8-5-6;1-5(2,3)4/h1,3,5,8H,2,4H2,(H,9,10);(H2,1,2,3,4). The number of hydrogen-bond donors (Lipinski definition) is 4. The predicted molar refractivity (Wildman–Crippen MR) is 51.4 cm³/mol. The van der Waals surface area contributed by atoms with Gasteiger partial charge in [-0.2, -0.15) is 8.42 Å². The maximum absolute atomic E-state index is 10.2. The van der Waals surface area contributed by atoms with Gasteiger partial charge in [-0.25, -0.2) is 0 Å². The quantitative estimate of drug-likeness (QED) is 0.505. The molecule has 0 saturated heterocycles. The molecule has 0 spiro atoms. The SMILES string of the molecule is O=C(O)CC1=CNC=CC1.O=S(=O)(O)O. The zero-order valence-electron chi connectivity index (χ0n) is 7.62. The number of rotatable bonds is 2. The second kappa shape index (κ2) is 6.17. The molecule has 0 saturated carbocycles. The third-order valence-electron chi connectivity index (χ3n) is 1.26. The van der Waals surface area contributed by atoms with Crippen molar-refractivity contribution in [2.24, 2.45) is 0 Å². The molecule has 0 aromatic carbocycles. The Balaban J connectivity index is 0.000000336. The molecule has 1 aliphatic heterocycles. The lowest BCUT2D eigenvalue weighted by molar-refractivity contribution is -0.136. The Morgan fingerprint density at radius 1 is 1.47 bits per heavy atom. The van der Waals surface area contributed by atoms with E-state index in [1.54, 1.807) is 12.4 Å². The van der Waals surface area contributed by atoms with Gasteiger partial charge in [-0.1, -0.05) is 6.08 Å². The van der Waals surface area contributed by atoms with E-state index in [2.05, 4.69) is 5.32 Å². The minimum absolute atomic E-state index is 0.136. The van der Waals surface area contributed by atoms with Crippen LogP contribution in [0.4, 0.5) is 0 Å². The number of carboxylic acid groups (broad SMARTS) is 1. The highest BCUT2D eigenvalue weighted by atomic mass is 32.3. The van der Waals surface area contributed by atoms with E-state index in [-0.39, 0.29) is 6.42 Å². The van der Waals surface area contributed by atoms with Gasteiger partial charge in [-0.15, -0.1) is 0 Å². The minimum Gasteiger partial charge on any atom is -0.481 e. The van der Waals surface area contributed by atoms with E-state index in [4.69, 9.17) is 22.6 Å². The Morgan fingerprint density at radius 3 is 2.33 bits per heavy atom. The summed E-state index contributed by atoms with van der Waals surface area (Å²) in [6, 6.07) is 0. The fourth-order valence-electron chi connectivity index (χ4n) is 0.821. The molecule has 0 aromatic rings. The van der Waals surface area contributed by atoms with E-state index >= 15 is 0 Å². The van der Waals surface area contributed by atoms with Crippen LogP contribution >= 0.6 is 0 Å². The third-order valence-corrected chi connectivity index (χ3v) is 1.26. The molecule has 15 heavy (non-hydrogen) atoms. The van der Waals surface area contributed by atoms with Crippen molar-refractivity contribution in [1.82, 2.24) is 5.32 Å². The molecule has 1 rings (SSSR count). The van der Waals surface area contributed by atoms with Crippen molar-refractivity contribution in [3.8, 4) is 0 Å². The van der Waals surface area contributed by atoms with E-state index in [0.29, 0.717) is 0 Å². The Hall–Kier alpha value is -1.38. The summed E-state index contributed by atoms with van der Waals surface area (Å²) in [5.41, 5.74) is 0.912. The Morgan fingerprint density at radius 2 is 2.00 bits per heavy atom. The van der Waals surface area contributed by atoms with Crippen molar-refractivity contribution in [3.05, 3.63) is 24.0 Å². The zero-order chi connectivity index (χ0) is 11.9. The molecular formula is C7H11NO6S. The molecule has 0 unspecified atom stereocenters. The number of carbonyl (C=O) groups is 1. The van der Waals surface area contributed by atoms with Crippen LogP contribution in [0, 0.1) is 0 Å². The van der Waals surface area contributed by atoms with Crippen LogP contribution in [0.1, 0.15) is 12.8 Å². The topological polar surface area (TPSA) is 124 Å². The summed E-state index contributed by atoms with van der Waals surface area (Å²) in [6.07, 6.45) is 6.31. The van der Waals surface area contributed by atoms with Crippen LogP contribution in [0.2, 0.25) is 0 Å². The van der Waals surface area contributed by atoms with E-state index in [9.17, 15) is 4.79 Å². The second-order valence-electron chi connectivity index (χ2n) is 2.59. The van der Waals surface area contributed by atoms with Crippen molar-refractivity contribution < 1.29 is 27.4 Å². The molecule has 0 atom stereocenters. The van der Waals surface area contributed by atoms with Gasteiger partial charge in [0.2, 0.25) is 0 Å². The van der Waals surface area contributed by atoms with Crippen molar-refractivity contribution in [1.29, 1.82) is 0 Å². The first-order chi connectivity index (χ1) is 6.79. The molecule has 0 aliphatic carbocycles. The maximum Gasteiger partial charge on any atom is 0.394 e. The number of nitrogens with one attached hydrogen (secondary N) is 1. The molecule has 86 valence electrons. The molecule has 1 aliphatic rings. The van der Waals surface area contributed by atoms with Crippen LogP contribution in [-0.2, 0) is 15.2 Å². The van der Waals surface area contributed by atoms with Crippen molar-refractivity contribution in [2.75, 3.05) is 0 Å². The monoisotopic (exact) mass is 237 g/mol. The number of allylic oxidation sites excluding steroid dienone is 1. The fraction of sp³-hybridized carbons (Fsp3) is 0.286. The number of dihydropyridines is 1. The van der Waals surface area contributed by atoms with Gasteiger partial charge in [0.05, 0.1) is 6.42 Å². The van der Waals surface area contributed by atoms with Crippen LogP contribution in [0.15, 0.2) is 24.0 Å². The number of hydrogen-bond acceptors (Lipinski definition) is 4. The summed E-state index contributed by atoms with van der Waals surface area (Å²) in [4.78, 5) is 10.2. The first kappa shape index (κ1) is 13.6. The Labute approximate surface area is 86.7 Å². The van der Waals surface area contributed by atoms with E-state index < -0.39 is 16.4 Å². The largest absolute Gasteiger partial charge is 0.481 e. The molecule has 4 N–H and O–H groups in total. The summed E-state index contributed by atoms with van der Waals surface area (Å²) in [7, 11) is -4.67. The van der Waals surface area contributed by atoms with Crippen LogP contribution in [0.5, 0.6) is 0 Å². The summed E-state index contributed by atoms with van der Waals surface area (Å²) >= 11 is 0. The lowest BCUT2D eigenvalue weighted by atomic mass is 10.1. The summed E-state index contributed by atoms with van der Waals surface area (Å²) < 4.78 is 31.6. The van der Waals surface area contributed by atoms with E-state index in [1.807, 2.05) is 6.08 Å². The van der Waals surface area contributed by atoms with Gasteiger partial charge in [-0.3, -0.25) is 13.9 Å². The van der Waals surface area contributed by atoms with E-state index in [1.165, 1.54) is 0 Å². The van der Waals surface area contributed by atoms with Gasteiger partial charge >= 0.3 is 16.4 Å². The fourth-order valence-corrected chi connectivity index (χ4v) is 0.821. The number of carboxylic acids is 1. The minimum atomic E-state index is -4.67. The molecule has 7 nitrogen and oxygen atoms in total. The van der Waals surface area contributed by atoms with Gasteiger partial charge in [0.25, 0.3) is 0 Å². The number of aliphatic carboxylic acids is 1. The van der Waals surface area contributed by atoms with Gasteiger partial charge in [0.15, 0.2) is 0 Å². The van der Waals surface area contributed by atoms with E-state index in [0.717, 1.165) is 12.0 Å².